The highest BCUT2D eigenvalue weighted by molar-refractivity contribution is 7.92. The molecule has 2 heterocycles. The lowest BCUT2D eigenvalue weighted by Crippen LogP contribution is -2.45. The zero-order chi connectivity index (χ0) is 16.6. The number of nitrogens with two attached hydrogens (primary N) is 1. The number of aromatic nitrogens is 1. The van der Waals surface area contributed by atoms with Gasteiger partial charge in [0, 0.05) is 30.1 Å². The van der Waals surface area contributed by atoms with Crippen LogP contribution in [-0.4, -0.2) is 36.8 Å². The van der Waals surface area contributed by atoms with E-state index in [2.05, 4.69) is 4.98 Å². The van der Waals surface area contributed by atoms with Gasteiger partial charge in [-0.1, -0.05) is 23.7 Å². The van der Waals surface area contributed by atoms with E-state index in [0.717, 1.165) is 19.4 Å². The second-order valence-electron chi connectivity index (χ2n) is 6.10. The van der Waals surface area contributed by atoms with E-state index in [1.807, 2.05) is 0 Å². The van der Waals surface area contributed by atoms with Gasteiger partial charge in [0.2, 0.25) is 0 Å². The van der Waals surface area contributed by atoms with Crippen LogP contribution in [0.4, 0.5) is 0 Å². The van der Waals surface area contributed by atoms with Crippen molar-refractivity contribution in [1.29, 1.82) is 0 Å². The lowest BCUT2D eigenvalue weighted by atomic mass is 9.96. The molecule has 1 aromatic heterocycles. The van der Waals surface area contributed by atoms with Crippen molar-refractivity contribution in [2.45, 2.75) is 29.9 Å². The van der Waals surface area contributed by atoms with Gasteiger partial charge in [-0.2, -0.15) is 0 Å². The van der Waals surface area contributed by atoms with Crippen molar-refractivity contribution >= 4 is 32.2 Å². The van der Waals surface area contributed by atoms with Crippen molar-refractivity contribution in [3.05, 3.63) is 35.6 Å². The Morgan fingerprint density at radius 1 is 1.35 bits per heavy atom. The number of pyridine rings is 1. The Balaban J connectivity index is 2.04. The number of nitrogens with zero attached hydrogens (tertiary/aromatic N) is 2. The van der Waals surface area contributed by atoms with Gasteiger partial charge in [0.1, 0.15) is 5.15 Å². The number of halogens is 1. The smallest absolute Gasteiger partial charge is 0.181 e. The molecule has 3 rings (SSSR count). The highest BCUT2D eigenvalue weighted by Crippen LogP contribution is 2.32. The van der Waals surface area contributed by atoms with Crippen LogP contribution in [0.25, 0.3) is 10.8 Å². The van der Waals surface area contributed by atoms with E-state index in [1.54, 1.807) is 36.2 Å². The molecule has 0 bridgehead atoms. The molecule has 1 saturated heterocycles. The molecule has 0 spiro atoms. The first-order valence-electron chi connectivity index (χ1n) is 7.68. The fourth-order valence-electron chi connectivity index (χ4n) is 3.27. The first-order chi connectivity index (χ1) is 10.9. The lowest BCUT2D eigenvalue weighted by molar-refractivity contribution is 0.176. The highest BCUT2D eigenvalue weighted by atomic mass is 35.5. The van der Waals surface area contributed by atoms with Gasteiger partial charge in [0.25, 0.3) is 0 Å². The van der Waals surface area contributed by atoms with Crippen LogP contribution in [0.15, 0.2) is 35.4 Å². The topological polar surface area (TPSA) is 76.3 Å². The van der Waals surface area contributed by atoms with Gasteiger partial charge in [-0.15, -0.1) is 0 Å². The fraction of sp³-hybridized carbons (Fsp3) is 0.438. The lowest BCUT2D eigenvalue weighted by Gasteiger charge is -2.32. The van der Waals surface area contributed by atoms with Gasteiger partial charge in [-0.05, 0) is 37.8 Å². The number of sulfone groups is 1. The van der Waals surface area contributed by atoms with E-state index in [9.17, 15) is 8.42 Å². The standard InChI is InChI=1S/C16H20ClN3O2S/c1-11(12-4-3-9-20(18)10-12)23(21,22)15-6-2-5-14-13(15)7-8-19-16(14)17/h2,5-8,11-12H,3-4,9-10,18H2,1H3. The number of hydrogen-bond acceptors (Lipinski definition) is 5. The number of benzene rings is 1. The molecular weight excluding hydrogens is 334 g/mol. The normalized spacial score (nSPS) is 21.4. The maximum absolute atomic E-state index is 13.1. The summed E-state index contributed by atoms with van der Waals surface area (Å²) in [7, 11) is -3.47. The fourth-order valence-corrected chi connectivity index (χ4v) is 5.37. The molecule has 5 nitrogen and oxygen atoms in total. The average molecular weight is 354 g/mol. The Bertz CT molecular complexity index is 825. The van der Waals surface area contributed by atoms with E-state index in [4.69, 9.17) is 17.4 Å². The molecule has 2 atom stereocenters. The molecule has 1 fully saturated rings. The number of fused-ring (bicyclic) bond motifs is 1. The molecule has 2 aromatic rings. The number of piperidine rings is 1. The van der Waals surface area contributed by atoms with Crippen molar-refractivity contribution in [3.8, 4) is 0 Å². The second-order valence-corrected chi connectivity index (χ2v) is 8.73. The number of hydrazine groups is 1. The molecule has 0 radical (unpaired) electrons. The quantitative estimate of drug-likeness (QED) is 0.678. The second kappa shape index (κ2) is 6.36. The van der Waals surface area contributed by atoms with E-state index >= 15 is 0 Å². The van der Waals surface area contributed by atoms with Gasteiger partial charge in [0.05, 0.1) is 10.1 Å². The molecule has 1 aromatic carbocycles. The van der Waals surface area contributed by atoms with Crippen LogP contribution in [0.1, 0.15) is 19.8 Å². The highest BCUT2D eigenvalue weighted by Gasteiger charge is 2.34. The first kappa shape index (κ1) is 16.6. The summed E-state index contributed by atoms with van der Waals surface area (Å²) in [5, 5.41) is 2.82. The molecule has 23 heavy (non-hydrogen) atoms. The molecule has 124 valence electrons. The van der Waals surface area contributed by atoms with E-state index < -0.39 is 15.1 Å². The molecule has 1 aliphatic heterocycles. The zero-order valence-corrected chi connectivity index (χ0v) is 14.5. The summed E-state index contributed by atoms with van der Waals surface area (Å²) in [4.78, 5) is 4.34. The third kappa shape index (κ3) is 3.08. The van der Waals surface area contributed by atoms with Gasteiger partial charge >= 0.3 is 0 Å². The molecule has 7 heteroatoms. The summed E-state index contributed by atoms with van der Waals surface area (Å²) in [6, 6.07) is 6.85. The van der Waals surface area contributed by atoms with Crippen LogP contribution in [0.3, 0.4) is 0 Å². The van der Waals surface area contributed by atoms with Gasteiger partial charge < -0.3 is 0 Å². The number of hydrogen-bond donors (Lipinski definition) is 1. The van der Waals surface area contributed by atoms with Crippen molar-refractivity contribution in [1.82, 2.24) is 9.99 Å². The minimum absolute atomic E-state index is 0.0336. The van der Waals surface area contributed by atoms with Crippen LogP contribution < -0.4 is 5.84 Å². The maximum atomic E-state index is 13.1. The minimum Gasteiger partial charge on any atom is -0.269 e. The summed E-state index contributed by atoms with van der Waals surface area (Å²) in [6.07, 6.45) is 3.34. The SMILES string of the molecule is CC(C1CCCN(N)C1)S(=O)(=O)c1cccc2c(Cl)nccc12. The third-order valence-electron chi connectivity index (χ3n) is 4.67. The Labute approximate surface area is 141 Å². The summed E-state index contributed by atoms with van der Waals surface area (Å²) >= 11 is 6.10. The maximum Gasteiger partial charge on any atom is 0.181 e. The summed E-state index contributed by atoms with van der Waals surface area (Å²) < 4.78 is 26.3. The van der Waals surface area contributed by atoms with E-state index in [-0.39, 0.29) is 5.92 Å². The van der Waals surface area contributed by atoms with Crippen molar-refractivity contribution in [2.75, 3.05) is 13.1 Å². The van der Waals surface area contributed by atoms with E-state index in [0.29, 0.717) is 27.4 Å². The van der Waals surface area contributed by atoms with Crippen molar-refractivity contribution in [3.63, 3.8) is 0 Å². The van der Waals surface area contributed by atoms with Crippen LogP contribution >= 0.6 is 11.6 Å². The van der Waals surface area contributed by atoms with Crippen LogP contribution in [0.5, 0.6) is 0 Å². The molecule has 0 amide bonds. The summed E-state index contributed by atoms with van der Waals surface area (Å²) in [5.74, 6) is 5.90. The summed E-state index contributed by atoms with van der Waals surface area (Å²) in [5.41, 5.74) is 0. The van der Waals surface area contributed by atoms with Gasteiger partial charge in [-0.3, -0.25) is 5.84 Å². The van der Waals surface area contributed by atoms with Gasteiger partial charge in [-0.25, -0.2) is 18.4 Å². The average Bonchev–Trinajstić information content (AvgIpc) is 2.54. The minimum atomic E-state index is -3.47. The molecule has 2 N–H and O–H groups in total. The predicted octanol–water partition coefficient (Wildman–Crippen LogP) is 2.64. The van der Waals surface area contributed by atoms with Crippen molar-refractivity contribution < 1.29 is 8.42 Å². The molecule has 0 aliphatic carbocycles. The van der Waals surface area contributed by atoms with Crippen LogP contribution in [-0.2, 0) is 9.84 Å². The van der Waals surface area contributed by atoms with Crippen molar-refractivity contribution in [2.24, 2.45) is 11.8 Å². The monoisotopic (exact) mass is 353 g/mol. The molecular formula is C16H20ClN3O2S. The Morgan fingerprint density at radius 2 is 2.13 bits per heavy atom. The number of rotatable bonds is 3. The zero-order valence-electron chi connectivity index (χ0n) is 12.9. The van der Waals surface area contributed by atoms with Crippen LogP contribution in [0.2, 0.25) is 5.15 Å². The predicted molar refractivity (Wildman–Crippen MR) is 91.9 cm³/mol. The molecule has 2 unspecified atom stereocenters. The largest absolute Gasteiger partial charge is 0.269 e. The molecule has 0 saturated carbocycles. The molecule has 1 aliphatic rings. The Morgan fingerprint density at radius 3 is 2.87 bits per heavy atom. The van der Waals surface area contributed by atoms with Gasteiger partial charge in [0.15, 0.2) is 9.84 Å². The van der Waals surface area contributed by atoms with E-state index in [1.165, 1.54) is 6.20 Å². The third-order valence-corrected chi connectivity index (χ3v) is 7.30. The first-order valence-corrected chi connectivity index (χ1v) is 9.60. The summed E-state index contributed by atoms with van der Waals surface area (Å²) in [6.45, 7) is 3.20. The Hall–Kier alpha value is -1.21. The van der Waals surface area contributed by atoms with Crippen LogP contribution in [0, 0.1) is 5.92 Å². The Kier molecular flexibility index (Phi) is 4.60.